The summed E-state index contributed by atoms with van der Waals surface area (Å²) in [5, 5.41) is 3.79. The van der Waals surface area contributed by atoms with E-state index in [-0.39, 0.29) is 11.9 Å². The Balaban J connectivity index is 1.65. The maximum absolute atomic E-state index is 12.4. The summed E-state index contributed by atoms with van der Waals surface area (Å²) in [6.45, 7) is 2.73. The SMILES string of the molecule is COc1cccc(C(CNC(=O)Cc2ccc(Cl)cc2)N2CCCC2)c1. The molecule has 0 radical (unpaired) electrons. The van der Waals surface area contributed by atoms with E-state index >= 15 is 0 Å². The van der Waals surface area contributed by atoms with Crippen molar-refractivity contribution >= 4 is 17.5 Å². The Labute approximate surface area is 160 Å². The van der Waals surface area contributed by atoms with Gasteiger partial charge in [-0.15, -0.1) is 0 Å². The lowest BCUT2D eigenvalue weighted by Gasteiger charge is -2.28. The van der Waals surface area contributed by atoms with Crippen molar-refractivity contribution < 1.29 is 9.53 Å². The first-order valence-corrected chi connectivity index (χ1v) is 9.42. The minimum Gasteiger partial charge on any atom is -0.497 e. The van der Waals surface area contributed by atoms with Crippen molar-refractivity contribution in [2.45, 2.75) is 25.3 Å². The molecule has 1 aliphatic rings. The first-order chi connectivity index (χ1) is 12.7. The molecule has 0 bridgehead atoms. The predicted molar refractivity (Wildman–Crippen MR) is 105 cm³/mol. The Morgan fingerprint density at radius 1 is 1.19 bits per heavy atom. The molecule has 1 amide bonds. The van der Waals surface area contributed by atoms with Gasteiger partial charge in [-0.2, -0.15) is 0 Å². The van der Waals surface area contributed by atoms with Gasteiger partial charge in [-0.25, -0.2) is 0 Å². The topological polar surface area (TPSA) is 41.6 Å². The number of carbonyl (C=O) groups is 1. The van der Waals surface area contributed by atoms with E-state index < -0.39 is 0 Å². The molecule has 1 atom stereocenters. The molecule has 3 rings (SSSR count). The van der Waals surface area contributed by atoms with Gasteiger partial charge in [-0.3, -0.25) is 9.69 Å². The number of amides is 1. The van der Waals surface area contributed by atoms with Crippen LogP contribution < -0.4 is 10.1 Å². The average molecular weight is 373 g/mol. The molecule has 0 saturated carbocycles. The monoisotopic (exact) mass is 372 g/mol. The van der Waals surface area contributed by atoms with E-state index in [1.54, 1.807) is 7.11 Å². The van der Waals surface area contributed by atoms with E-state index in [0.717, 1.165) is 24.4 Å². The summed E-state index contributed by atoms with van der Waals surface area (Å²) < 4.78 is 5.37. The van der Waals surface area contributed by atoms with Gasteiger partial charge >= 0.3 is 0 Å². The van der Waals surface area contributed by atoms with Gasteiger partial charge in [-0.1, -0.05) is 35.9 Å². The molecule has 2 aromatic rings. The fourth-order valence-corrected chi connectivity index (χ4v) is 3.55. The third-order valence-corrected chi connectivity index (χ3v) is 5.08. The van der Waals surface area contributed by atoms with E-state index in [1.807, 2.05) is 36.4 Å². The molecule has 0 spiro atoms. The summed E-state index contributed by atoms with van der Waals surface area (Å²) in [7, 11) is 1.68. The molecule has 1 fully saturated rings. The van der Waals surface area contributed by atoms with Crippen LogP contribution in [-0.4, -0.2) is 37.6 Å². The van der Waals surface area contributed by atoms with Crippen molar-refractivity contribution in [1.29, 1.82) is 0 Å². The van der Waals surface area contributed by atoms with Gasteiger partial charge in [0.25, 0.3) is 0 Å². The van der Waals surface area contributed by atoms with Crippen molar-refractivity contribution in [3.63, 3.8) is 0 Å². The van der Waals surface area contributed by atoms with Crippen LogP contribution in [0.1, 0.15) is 30.0 Å². The summed E-state index contributed by atoms with van der Waals surface area (Å²) in [5.41, 5.74) is 2.14. The van der Waals surface area contributed by atoms with E-state index in [2.05, 4.69) is 22.3 Å². The Hall–Kier alpha value is -2.04. The first-order valence-electron chi connectivity index (χ1n) is 9.05. The number of rotatable bonds is 7. The van der Waals surface area contributed by atoms with Gasteiger partial charge in [0.05, 0.1) is 19.6 Å². The lowest BCUT2D eigenvalue weighted by molar-refractivity contribution is -0.120. The van der Waals surface area contributed by atoms with Crippen molar-refractivity contribution in [3.8, 4) is 5.75 Å². The van der Waals surface area contributed by atoms with Crippen molar-refractivity contribution in [3.05, 3.63) is 64.7 Å². The minimum atomic E-state index is 0.0272. The highest BCUT2D eigenvalue weighted by Crippen LogP contribution is 2.27. The second kappa shape index (κ2) is 9.06. The molecule has 138 valence electrons. The largest absolute Gasteiger partial charge is 0.497 e. The molecule has 0 aliphatic carbocycles. The number of halogens is 1. The number of hydrogen-bond donors (Lipinski definition) is 1. The van der Waals surface area contributed by atoms with Crippen LogP contribution in [-0.2, 0) is 11.2 Å². The predicted octanol–water partition coefficient (Wildman–Crippen LogP) is 3.84. The molecule has 1 N–H and O–H groups in total. The van der Waals surface area contributed by atoms with Crippen LogP contribution in [0.25, 0.3) is 0 Å². The zero-order chi connectivity index (χ0) is 18.4. The highest BCUT2D eigenvalue weighted by Gasteiger charge is 2.24. The number of likely N-dealkylation sites (tertiary alicyclic amines) is 1. The number of benzene rings is 2. The van der Waals surface area contributed by atoms with Gasteiger partial charge in [0, 0.05) is 11.6 Å². The molecule has 26 heavy (non-hydrogen) atoms. The summed E-state index contributed by atoms with van der Waals surface area (Å²) in [6.07, 6.45) is 2.78. The number of ether oxygens (including phenoxy) is 1. The standard InChI is InChI=1S/C21H25ClN2O2/c1-26-19-6-4-5-17(14-19)20(24-11-2-3-12-24)15-23-21(25)13-16-7-9-18(22)10-8-16/h4-10,14,20H,2-3,11-13,15H2,1H3,(H,23,25). The maximum atomic E-state index is 12.4. The lowest BCUT2D eigenvalue weighted by Crippen LogP contribution is -2.37. The summed E-state index contributed by atoms with van der Waals surface area (Å²) >= 11 is 5.90. The second-order valence-electron chi connectivity index (χ2n) is 6.64. The maximum Gasteiger partial charge on any atom is 0.224 e. The molecule has 1 unspecified atom stereocenters. The average Bonchev–Trinajstić information content (AvgIpc) is 3.18. The fourth-order valence-electron chi connectivity index (χ4n) is 3.42. The third-order valence-electron chi connectivity index (χ3n) is 4.83. The zero-order valence-corrected chi connectivity index (χ0v) is 15.8. The first kappa shape index (κ1) is 18.7. The summed E-state index contributed by atoms with van der Waals surface area (Å²) in [6, 6.07) is 15.7. The highest BCUT2D eigenvalue weighted by molar-refractivity contribution is 6.30. The zero-order valence-electron chi connectivity index (χ0n) is 15.1. The molecule has 1 heterocycles. The molecule has 1 saturated heterocycles. The smallest absolute Gasteiger partial charge is 0.224 e. The van der Waals surface area contributed by atoms with Crippen LogP contribution in [0.15, 0.2) is 48.5 Å². The quantitative estimate of drug-likeness (QED) is 0.802. The van der Waals surface area contributed by atoms with Crippen molar-refractivity contribution in [2.75, 3.05) is 26.7 Å². The number of nitrogens with one attached hydrogen (secondary N) is 1. The molecule has 1 aliphatic heterocycles. The van der Waals surface area contributed by atoms with Crippen LogP contribution in [0.3, 0.4) is 0 Å². The van der Waals surface area contributed by atoms with Crippen LogP contribution in [0, 0.1) is 0 Å². The van der Waals surface area contributed by atoms with E-state index in [1.165, 1.54) is 18.4 Å². The molecule has 4 nitrogen and oxygen atoms in total. The highest BCUT2D eigenvalue weighted by atomic mass is 35.5. The molecular weight excluding hydrogens is 348 g/mol. The summed E-state index contributed by atoms with van der Waals surface area (Å²) in [5.74, 6) is 0.874. The van der Waals surface area contributed by atoms with Crippen molar-refractivity contribution in [2.24, 2.45) is 0 Å². The number of methoxy groups -OCH3 is 1. The van der Waals surface area contributed by atoms with Crippen LogP contribution in [0.4, 0.5) is 0 Å². The Kier molecular flexibility index (Phi) is 6.53. The normalized spacial score (nSPS) is 15.6. The van der Waals surface area contributed by atoms with Crippen LogP contribution >= 0.6 is 11.6 Å². The lowest BCUT2D eigenvalue weighted by atomic mass is 10.0. The van der Waals surface area contributed by atoms with Gasteiger partial charge in [0.2, 0.25) is 5.91 Å². The van der Waals surface area contributed by atoms with Gasteiger partial charge in [0.1, 0.15) is 5.75 Å². The van der Waals surface area contributed by atoms with Gasteiger partial charge < -0.3 is 10.1 Å². The number of nitrogens with zero attached hydrogens (tertiary/aromatic N) is 1. The summed E-state index contributed by atoms with van der Waals surface area (Å²) in [4.78, 5) is 14.8. The number of hydrogen-bond acceptors (Lipinski definition) is 3. The van der Waals surface area contributed by atoms with Crippen LogP contribution in [0.5, 0.6) is 5.75 Å². The van der Waals surface area contributed by atoms with E-state index in [4.69, 9.17) is 16.3 Å². The Morgan fingerprint density at radius 3 is 2.62 bits per heavy atom. The van der Waals surface area contributed by atoms with Crippen molar-refractivity contribution in [1.82, 2.24) is 10.2 Å². The second-order valence-corrected chi connectivity index (χ2v) is 7.08. The minimum absolute atomic E-state index is 0.0272. The van der Waals surface area contributed by atoms with Gasteiger partial charge in [0.15, 0.2) is 0 Å². The van der Waals surface area contributed by atoms with E-state index in [0.29, 0.717) is 18.0 Å². The molecule has 5 heteroatoms. The number of carbonyl (C=O) groups excluding carboxylic acids is 1. The molecule has 2 aromatic carbocycles. The Bertz CT molecular complexity index is 727. The Morgan fingerprint density at radius 2 is 1.92 bits per heavy atom. The van der Waals surface area contributed by atoms with Crippen LogP contribution in [0.2, 0.25) is 5.02 Å². The molecule has 0 aromatic heterocycles. The fraction of sp³-hybridized carbons (Fsp3) is 0.381. The third kappa shape index (κ3) is 4.99. The van der Waals surface area contributed by atoms with E-state index in [9.17, 15) is 4.79 Å². The molecular formula is C21H25ClN2O2. The van der Waals surface area contributed by atoms with Gasteiger partial charge in [-0.05, 0) is 61.3 Å².